The predicted octanol–water partition coefficient (Wildman–Crippen LogP) is 1.92. The molecule has 1 saturated heterocycles. The number of nitrogens with zero attached hydrogens (tertiary/aromatic N) is 2. The molecule has 27 heavy (non-hydrogen) atoms. The number of likely N-dealkylation sites (tertiary alicyclic amines) is 1. The highest BCUT2D eigenvalue weighted by molar-refractivity contribution is 5.96. The maximum Gasteiger partial charge on any atom is 0.253 e. The molecule has 1 saturated carbocycles. The summed E-state index contributed by atoms with van der Waals surface area (Å²) in [5.74, 6) is 0.216. The minimum absolute atomic E-state index is 0.0196. The summed E-state index contributed by atoms with van der Waals surface area (Å²) in [5, 5.41) is 10.0. The molecule has 0 radical (unpaired) electrons. The van der Waals surface area contributed by atoms with E-state index in [0.29, 0.717) is 6.54 Å². The molecule has 2 amide bonds. The number of fused-ring (bicyclic) bond motifs is 3. The van der Waals surface area contributed by atoms with E-state index < -0.39 is 0 Å². The van der Waals surface area contributed by atoms with Crippen LogP contribution in [-0.2, 0) is 14.3 Å². The molecular weight excluding hydrogens is 344 g/mol. The number of aliphatic hydroxyl groups is 1. The van der Waals surface area contributed by atoms with Gasteiger partial charge in [-0.1, -0.05) is 37.5 Å². The van der Waals surface area contributed by atoms with E-state index in [4.69, 9.17) is 4.74 Å². The Hall–Kier alpha value is -1.92. The van der Waals surface area contributed by atoms with E-state index in [0.717, 1.165) is 36.9 Å². The lowest BCUT2D eigenvalue weighted by Gasteiger charge is -2.59. The molecule has 0 spiro atoms. The number of anilines is 1. The summed E-state index contributed by atoms with van der Waals surface area (Å²) in [7, 11) is 1.51. The van der Waals surface area contributed by atoms with Gasteiger partial charge in [-0.25, -0.2) is 0 Å². The van der Waals surface area contributed by atoms with Crippen molar-refractivity contribution < 1.29 is 19.4 Å². The van der Waals surface area contributed by atoms with Gasteiger partial charge in [0.25, 0.3) is 5.91 Å². The molecule has 2 heterocycles. The Bertz CT molecular complexity index is 716. The van der Waals surface area contributed by atoms with E-state index in [9.17, 15) is 14.7 Å². The zero-order valence-corrected chi connectivity index (χ0v) is 15.8. The summed E-state index contributed by atoms with van der Waals surface area (Å²) < 4.78 is 5.05. The summed E-state index contributed by atoms with van der Waals surface area (Å²) in [6.45, 7) is 0.449. The van der Waals surface area contributed by atoms with Crippen LogP contribution in [0.1, 0.15) is 43.6 Å². The standard InChI is InChI=1S/C21H28N2O4/c1-27-13-19(25)22-11-17-20(15-9-5-6-10-16(15)22)18(12-24)23(17)21(26)14-7-3-2-4-8-14/h5-6,9-10,14,17-18,20,24H,2-4,7-8,11-13H2,1H3/t17-,18+,20+/m0/s1. The second kappa shape index (κ2) is 7.60. The highest BCUT2D eigenvalue weighted by Crippen LogP contribution is 2.49. The summed E-state index contributed by atoms with van der Waals surface area (Å²) in [4.78, 5) is 29.4. The number of carbonyl (C=O) groups is 2. The van der Waals surface area contributed by atoms with Crippen LogP contribution in [0.3, 0.4) is 0 Å². The van der Waals surface area contributed by atoms with Crippen LogP contribution < -0.4 is 4.90 Å². The Kier molecular flexibility index (Phi) is 5.19. The number of ether oxygens (including phenoxy) is 1. The van der Waals surface area contributed by atoms with Gasteiger partial charge in [-0.2, -0.15) is 0 Å². The minimum Gasteiger partial charge on any atom is -0.394 e. The lowest BCUT2D eigenvalue weighted by molar-refractivity contribution is -0.156. The van der Waals surface area contributed by atoms with Crippen molar-refractivity contribution in [1.29, 1.82) is 0 Å². The molecule has 1 N–H and O–H groups in total. The van der Waals surface area contributed by atoms with Crippen LogP contribution in [0, 0.1) is 5.92 Å². The Labute approximate surface area is 160 Å². The van der Waals surface area contributed by atoms with Crippen LogP contribution in [-0.4, -0.2) is 60.8 Å². The van der Waals surface area contributed by atoms with Crippen molar-refractivity contribution >= 4 is 17.5 Å². The lowest BCUT2D eigenvalue weighted by atomic mass is 9.71. The summed E-state index contributed by atoms with van der Waals surface area (Å²) >= 11 is 0. The van der Waals surface area contributed by atoms with Crippen molar-refractivity contribution in [2.45, 2.75) is 50.1 Å². The number of hydrogen-bond acceptors (Lipinski definition) is 4. The fourth-order valence-electron chi connectivity index (χ4n) is 5.19. The van der Waals surface area contributed by atoms with Crippen molar-refractivity contribution in [2.24, 2.45) is 5.92 Å². The van der Waals surface area contributed by atoms with E-state index in [2.05, 4.69) is 0 Å². The van der Waals surface area contributed by atoms with Gasteiger partial charge in [0, 0.05) is 31.2 Å². The second-order valence-electron chi connectivity index (χ2n) is 7.92. The average Bonchev–Trinajstić information content (AvgIpc) is 2.69. The molecule has 2 fully saturated rings. The van der Waals surface area contributed by atoms with Crippen molar-refractivity contribution in [2.75, 3.05) is 31.8 Å². The van der Waals surface area contributed by atoms with Gasteiger partial charge in [0.15, 0.2) is 0 Å². The van der Waals surface area contributed by atoms with Crippen molar-refractivity contribution in [3.8, 4) is 0 Å². The molecule has 3 atom stereocenters. The number of carbonyl (C=O) groups excluding carboxylic acids is 2. The van der Waals surface area contributed by atoms with E-state index in [1.54, 1.807) is 4.90 Å². The minimum atomic E-state index is -0.190. The predicted molar refractivity (Wildman–Crippen MR) is 101 cm³/mol. The first-order valence-electron chi connectivity index (χ1n) is 9.98. The maximum atomic E-state index is 13.2. The monoisotopic (exact) mass is 372 g/mol. The van der Waals surface area contributed by atoms with Gasteiger partial charge < -0.3 is 19.6 Å². The number of para-hydroxylation sites is 1. The quantitative estimate of drug-likeness (QED) is 0.877. The summed E-state index contributed by atoms with van der Waals surface area (Å²) in [6.07, 6.45) is 5.28. The first kappa shape index (κ1) is 18.4. The molecule has 1 aromatic carbocycles. The van der Waals surface area contributed by atoms with E-state index >= 15 is 0 Å². The third-order valence-electron chi connectivity index (χ3n) is 6.46. The molecule has 6 heteroatoms. The smallest absolute Gasteiger partial charge is 0.253 e. The maximum absolute atomic E-state index is 13.2. The topological polar surface area (TPSA) is 70.1 Å². The lowest BCUT2D eigenvalue weighted by Crippen LogP contribution is -2.71. The highest BCUT2D eigenvalue weighted by Gasteiger charge is 2.55. The fourth-order valence-corrected chi connectivity index (χ4v) is 5.19. The largest absolute Gasteiger partial charge is 0.394 e. The van der Waals surface area contributed by atoms with E-state index in [-0.39, 0.29) is 48.9 Å². The van der Waals surface area contributed by atoms with Gasteiger partial charge in [0.2, 0.25) is 5.91 Å². The van der Waals surface area contributed by atoms with Gasteiger partial charge >= 0.3 is 0 Å². The SMILES string of the molecule is COCC(=O)N1C[C@H]2[C@@H](c3ccccc31)[C@@H](CO)N2C(=O)C1CCCCC1. The summed E-state index contributed by atoms with van der Waals surface area (Å²) in [5.41, 5.74) is 1.92. The van der Waals surface area contributed by atoms with Crippen LogP contribution in [0.5, 0.6) is 0 Å². The number of hydrogen-bond donors (Lipinski definition) is 1. The van der Waals surface area contributed by atoms with Gasteiger partial charge in [-0.15, -0.1) is 0 Å². The molecule has 146 valence electrons. The van der Waals surface area contributed by atoms with Crippen LogP contribution >= 0.6 is 0 Å². The first-order valence-corrected chi connectivity index (χ1v) is 9.98. The zero-order chi connectivity index (χ0) is 19.0. The van der Waals surface area contributed by atoms with Crippen LogP contribution in [0.15, 0.2) is 24.3 Å². The molecular formula is C21H28N2O4. The fraction of sp³-hybridized carbons (Fsp3) is 0.619. The number of benzene rings is 1. The van der Waals surface area contributed by atoms with E-state index in [1.165, 1.54) is 13.5 Å². The Balaban J connectivity index is 1.64. The number of amides is 2. The summed E-state index contributed by atoms with van der Waals surface area (Å²) in [6, 6.07) is 7.59. The highest BCUT2D eigenvalue weighted by atomic mass is 16.5. The second-order valence-corrected chi connectivity index (χ2v) is 7.92. The van der Waals surface area contributed by atoms with Crippen molar-refractivity contribution in [3.63, 3.8) is 0 Å². The molecule has 6 nitrogen and oxygen atoms in total. The normalized spacial score (nSPS) is 27.6. The Morgan fingerprint density at radius 1 is 1.19 bits per heavy atom. The van der Waals surface area contributed by atoms with Gasteiger partial charge in [0.05, 0.1) is 18.7 Å². The molecule has 0 aromatic heterocycles. The molecule has 3 aliphatic rings. The molecule has 1 aliphatic carbocycles. The molecule has 4 rings (SSSR count). The van der Waals surface area contributed by atoms with Crippen molar-refractivity contribution in [3.05, 3.63) is 29.8 Å². The van der Waals surface area contributed by atoms with Gasteiger partial charge in [-0.3, -0.25) is 9.59 Å². The third-order valence-corrected chi connectivity index (χ3v) is 6.46. The average molecular weight is 372 g/mol. The van der Waals surface area contributed by atoms with E-state index in [1.807, 2.05) is 29.2 Å². The van der Waals surface area contributed by atoms with Crippen LogP contribution in [0.4, 0.5) is 5.69 Å². The number of aliphatic hydroxyl groups excluding tert-OH is 1. The first-order chi connectivity index (χ1) is 13.2. The van der Waals surface area contributed by atoms with Gasteiger partial charge in [0.1, 0.15) is 6.61 Å². The molecule has 0 unspecified atom stereocenters. The van der Waals surface area contributed by atoms with Crippen LogP contribution in [0.25, 0.3) is 0 Å². The van der Waals surface area contributed by atoms with Gasteiger partial charge in [-0.05, 0) is 24.5 Å². The molecule has 0 bridgehead atoms. The zero-order valence-electron chi connectivity index (χ0n) is 15.8. The molecule has 2 aliphatic heterocycles. The Morgan fingerprint density at radius 2 is 1.93 bits per heavy atom. The third kappa shape index (κ3) is 3.05. The van der Waals surface area contributed by atoms with Crippen molar-refractivity contribution in [1.82, 2.24) is 4.90 Å². The Morgan fingerprint density at radius 3 is 2.63 bits per heavy atom. The molecule has 1 aromatic rings. The van der Waals surface area contributed by atoms with Crippen LogP contribution in [0.2, 0.25) is 0 Å². The number of methoxy groups -OCH3 is 1. The number of rotatable bonds is 4.